The summed E-state index contributed by atoms with van der Waals surface area (Å²) in [7, 11) is 3.97. The summed E-state index contributed by atoms with van der Waals surface area (Å²) in [6.07, 6.45) is 3.90. The van der Waals surface area contributed by atoms with Crippen LogP contribution >= 0.6 is 0 Å². The van der Waals surface area contributed by atoms with E-state index in [4.69, 9.17) is 4.98 Å². The number of piperidine rings is 1. The quantitative estimate of drug-likeness (QED) is 0.677. The maximum Gasteiger partial charge on any atom is 0.261 e. The minimum absolute atomic E-state index is 0.218. The first-order valence-electron chi connectivity index (χ1n) is 12.0. The van der Waals surface area contributed by atoms with Gasteiger partial charge < -0.3 is 25.3 Å². The molecule has 4 rings (SSSR count). The fourth-order valence-electron chi connectivity index (χ4n) is 4.58. The Morgan fingerprint density at radius 1 is 1.12 bits per heavy atom. The average Bonchev–Trinajstić information content (AvgIpc) is 2.94. The number of anilines is 4. The molecule has 1 saturated heterocycles. The normalized spacial score (nSPS) is 15.8. The van der Waals surface area contributed by atoms with Crippen molar-refractivity contribution in [1.29, 1.82) is 0 Å². The van der Waals surface area contributed by atoms with Crippen LogP contribution in [0.4, 0.5) is 23.1 Å². The number of aromatic nitrogens is 2. The molecule has 2 aliphatic heterocycles. The van der Waals surface area contributed by atoms with Crippen molar-refractivity contribution in [1.82, 2.24) is 19.8 Å². The van der Waals surface area contributed by atoms with Gasteiger partial charge in [-0.15, -0.1) is 0 Å². The number of benzene rings is 1. The zero-order valence-electron chi connectivity index (χ0n) is 20.8. The van der Waals surface area contributed by atoms with Gasteiger partial charge in [-0.2, -0.15) is 4.98 Å². The molecule has 0 radical (unpaired) electrons. The third-order valence-corrected chi connectivity index (χ3v) is 6.78. The second-order valence-corrected chi connectivity index (χ2v) is 9.44. The van der Waals surface area contributed by atoms with Crippen LogP contribution in [0.3, 0.4) is 0 Å². The molecule has 9 heteroatoms. The highest BCUT2D eigenvalue weighted by atomic mass is 16.2. The Morgan fingerprint density at radius 3 is 2.38 bits per heavy atom. The van der Waals surface area contributed by atoms with E-state index in [9.17, 15) is 9.59 Å². The highest BCUT2D eigenvalue weighted by Crippen LogP contribution is 2.34. The third-order valence-electron chi connectivity index (χ3n) is 6.78. The Hall–Kier alpha value is -3.20. The van der Waals surface area contributed by atoms with Crippen LogP contribution in [0.5, 0.6) is 0 Å². The van der Waals surface area contributed by atoms with Gasteiger partial charge >= 0.3 is 0 Å². The molecule has 182 valence electrons. The maximum absolute atomic E-state index is 12.8. The molecule has 0 spiro atoms. The molecule has 9 nitrogen and oxygen atoms in total. The van der Waals surface area contributed by atoms with Crippen LogP contribution in [0.25, 0.3) is 0 Å². The zero-order chi connectivity index (χ0) is 24.4. The molecule has 1 aromatic carbocycles. The van der Waals surface area contributed by atoms with Crippen LogP contribution < -0.4 is 15.5 Å². The molecule has 0 saturated carbocycles. The Balaban J connectivity index is 1.50. The molecule has 0 aliphatic carbocycles. The monoisotopic (exact) mass is 465 g/mol. The summed E-state index contributed by atoms with van der Waals surface area (Å²) in [5.41, 5.74) is 4.24. The first-order valence-corrected chi connectivity index (χ1v) is 12.0. The lowest BCUT2D eigenvalue weighted by Gasteiger charge is -2.38. The summed E-state index contributed by atoms with van der Waals surface area (Å²) in [5.74, 6) is 1.12. The van der Waals surface area contributed by atoms with Crippen molar-refractivity contribution in [2.45, 2.75) is 46.1 Å². The van der Waals surface area contributed by atoms with Crippen molar-refractivity contribution < 1.29 is 9.59 Å². The Kier molecular flexibility index (Phi) is 7.02. The van der Waals surface area contributed by atoms with E-state index in [0.29, 0.717) is 23.8 Å². The van der Waals surface area contributed by atoms with Crippen molar-refractivity contribution in [3.63, 3.8) is 0 Å². The van der Waals surface area contributed by atoms with Gasteiger partial charge in [-0.1, -0.05) is 0 Å². The van der Waals surface area contributed by atoms with Gasteiger partial charge in [0.15, 0.2) is 0 Å². The molecule has 3 heterocycles. The second kappa shape index (κ2) is 9.97. The number of amides is 2. The first kappa shape index (κ1) is 23.9. The number of rotatable bonds is 6. The summed E-state index contributed by atoms with van der Waals surface area (Å²) in [6.45, 7) is 9.16. The number of carbonyl (C=O) groups excluding carboxylic acids is 2. The molecular weight excluding hydrogens is 430 g/mol. The largest absolute Gasteiger partial charge is 0.343 e. The average molecular weight is 466 g/mol. The van der Waals surface area contributed by atoms with Crippen LogP contribution in [0, 0.1) is 13.8 Å². The summed E-state index contributed by atoms with van der Waals surface area (Å²) >= 11 is 0. The summed E-state index contributed by atoms with van der Waals surface area (Å²) < 4.78 is 0. The highest BCUT2D eigenvalue weighted by molar-refractivity contribution is 6.11. The minimum Gasteiger partial charge on any atom is -0.343 e. The number of hydrogen-bond donors (Lipinski definition) is 2. The van der Waals surface area contributed by atoms with E-state index in [2.05, 4.69) is 27.4 Å². The van der Waals surface area contributed by atoms with Gasteiger partial charge in [0.25, 0.3) is 5.91 Å². The predicted octanol–water partition coefficient (Wildman–Crippen LogP) is 3.17. The van der Waals surface area contributed by atoms with Crippen LogP contribution in [0.2, 0.25) is 0 Å². The smallest absolute Gasteiger partial charge is 0.261 e. The number of likely N-dealkylation sites (tertiary alicyclic amines) is 1. The van der Waals surface area contributed by atoms with E-state index < -0.39 is 0 Å². The van der Waals surface area contributed by atoms with Crippen LogP contribution in [0.15, 0.2) is 18.3 Å². The van der Waals surface area contributed by atoms with Crippen molar-refractivity contribution in [3.05, 3.63) is 35.0 Å². The first-order chi connectivity index (χ1) is 16.3. The summed E-state index contributed by atoms with van der Waals surface area (Å²) in [4.78, 5) is 40.9. The number of carbonyl (C=O) groups is 2. The molecule has 0 unspecified atom stereocenters. The standard InChI is InChI=1S/C25H35N7O2/c1-6-32(18-7-11-31(12-8-18)22(33)9-10-30(4)5)25-26-15-19-23(29-25)27-20-13-16(2)17(3)14-21(20)28-24(19)34/h13-15,18H,6-12H2,1-5H3,(H,28,34)(H,26,27,29). The minimum atomic E-state index is -0.219. The van der Waals surface area contributed by atoms with Gasteiger partial charge in [0.05, 0.1) is 11.4 Å². The predicted molar refractivity (Wildman–Crippen MR) is 135 cm³/mol. The molecule has 2 N–H and O–H groups in total. The third kappa shape index (κ3) is 4.99. The lowest BCUT2D eigenvalue weighted by molar-refractivity contribution is -0.132. The van der Waals surface area contributed by atoms with Crippen molar-refractivity contribution >= 4 is 35.0 Å². The molecule has 2 amide bonds. The van der Waals surface area contributed by atoms with E-state index in [-0.39, 0.29) is 17.9 Å². The van der Waals surface area contributed by atoms with Crippen molar-refractivity contribution in [2.24, 2.45) is 0 Å². The summed E-state index contributed by atoms with van der Waals surface area (Å²) in [5, 5.41) is 6.32. The van der Waals surface area contributed by atoms with Crippen LogP contribution in [0.1, 0.15) is 47.7 Å². The molecule has 0 atom stereocenters. The van der Waals surface area contributed by atoms with Gasteiger partial charge in [-0.3, -0.25) is 9.59 Å². The molecule has 34 heavy (non-hydrogen) atoms. The van der Waals surface area contributed by atoms with Crippen LogP contribution in [-0.2, 0) is 4.79 Å². The fourth-order valence-corrected chi connectivity index (χ4v) is 4.58. The van der Waals surface area contributed by atoms with E-state index in [1.807, 2.05) is 49.9 Å². The molecule has 2 aliphatic rings. The Bertz CT molecular complexity index is 1080. The maximum atomic E-state index is 12.8. The lowest BCUT2D eigenvalue weighted by Crippen LogP contribution is -2.47. The zero-order valence-corrected chi connectivity index (χ0v) is 20.8. The second-order valence-electron chi connectivity index (χ2n) is 9.44. The van der Waals surface area contributed by atoms with E-state index in [1.54, 1.807) is 6.20 Å². The number of fused-ring (bicyclic) bond motifs is 2. The van der Waals surface area contributed by atoms with E-state index in [0.717, 1.165) is 61.5 Å². The van der Waals surface area contributed by atoms with Gasteiger partial charge in [-0.25, -0.2) is 4.98 Å². The Morgan fingerprint density at radius 2 is 1.76 bits per heavy atom. The van der Waals surface area contributed by atoms with Crippen molar-refractivity contribution in [3.8, 4) is 0 Å². The number of nitrogens with zero attached hydrogens (tertiary/aromatic N) is 5. The molecular formula is C25H35N7O2. The summed E-state index contributed by atoms with van der Waals surface area (Å²) in [6, 6.07) is 4.25. The van der Waals surface area contributed by atoms with E-state index >= 15 is 0 Å². The Labute approximate surface area is 201 Å². The van der Waals surface area contributed by atoms with Gasteiger partial charge in [0.1, 0.15) is 11.4 Å². The fraction of sp³-hybridized carbons (Fsp3) is 0.520. The van der Waals surface area contributed by atoms with Crippen LogP contribution in [-0.4, -0.2) is 77.9 Å². The number of aryl methyl sites for hydroxylation is 2. The highest BCUT2D eigenvalue weighted by Gasteiger charge is 2.29. The lowest BCUT2D eigenvalue weighted by atomic mass is 10.0. The van der Waals surface area contributed by atoms with Gasteiger partial charge in [0, 0.05) is 44.8 Å². The topological polar surface area (TPSA) is 93.7 Å². The number of nitrogens with one attached hydrogen (secondary N) is 2. The number of hydrogen-bond acceptors (Lipinski definition) is 7. The molecule has 1 aromatic heterocycles. The molecule has 2 aromatic rings. The SMILES string of the molecule is CCN(c1ncc2c(n1)Nc1cc(C)c(C)cc1NC2=O)C1CCN(C(=O)CCN(C)C)CC1. The molecule has 0 bridgehead atoms. The molecule has 1 fully saturated rings. The van der Waals surface area contributed by atoms with Gasteiger partial charge in [-0.05, 0) is 71.0 Å². The van der Waals surface area contributed by atoms with Crippen molar-refractivity contribution in [2.75, 3.05) is 55.8 Å². The van der Waals surface area contributed by atoms with E-state index in [1.165, 1.54) is 0 Å². The van der Waals surface area contributed by atoms with Gasteiger partial charge in [0.2, 0.25) is 11.9 Å².